The lowest BCUT2D eigenvalue weighted by Crippen LogP contribution is -2.45. The zero-order chi connectivity index (χ0) is 40.7. The summed E-state index contributed by atoms with van der Waals surface area (Å²) >= 11 is 0. The summed E-state index contributed by atoms with van der Waals surface area (Å²) in [5, 5.41) is 5.11. The number of hydrogen-bond donors (Lipinski definition) is 3. The number of aromatic nitrogens is 2. The maximum atomic E-state index is 12.9. The number of carbonyl (C=O) groups excluding carboxylic acids is 4. The third kappa shape index (κ3) is 13.7. The molecule has 1 aliphatic rings. The van der Waals surface area contributed by atoms with Crippen LogP contribution in [-0.4, -0.2) is 77.1 Å². The van der Waals surface area contributed by atoms with E-state index in [-0.39, 0.29) is 37.5 Å². The van der Waals surface area contributed by atoms with Crippen LogP contribution in [0.3, 0.4) is 0 Å². The number of imide groups is 1. The summed E-state index contributed by atoms with van der Waals surface area (Å²) in [6, 6.07) is 11.9. The molecule has 14 heteroatoms. The molecule has 4 N–H and O–H groups in total. The molecule has 1 saturated heterocycles. The molecule has 3 atom stereocenters. The fraction of sp³-hybridized carbons (Fsp3) is 0.500. The van der Waals surface area contributed by atoms with Crippen LogP contribution in [-0.2, 0) is 47.0 Å². The van der Waals surface area contributed by atoms with E-state index in [1.807, 2.05) is 37.3 Å². The fourth-order valence-electron chi connectivity index (χ4n) is 5.99. The number of benzene rings is 2. The lowest BCUT2D eigenvalue weighted by atomic mass is 10.1. The van der Waals surface area contributed by atoms with Crippen molar-refractivity contribution in [1.82, 2.24) is 19.8 Å². The van der Waals surface area contributed by atoms with Gasteiger partial charge in [-0.2, -0.15) is 0 Å². The number of nitrogens with one attached hydrogen (secondary N) is 2. The van der Waals surface area contributed by atoms with Gasteiger partial charge in [-0.05, 0) is 95.7 Å². The maximum absolute atomic E-state index is 12.9. The van der Waals surface area contributed by atoms with E-state index >= 15 is 0 Å². The Labute approximate surface area is 327 Å². The molecule has 14 nitrogen and oxygen atoms in total. The predicted octanol–water partition coefficient (Wildman–Crippen LogP) is 3.99. The van der Waals surface area contributed by atoms with Crippen LogP contribution < -0.4 is 22.1 Å². The van der Waals surface area contributed by atoms with Crippen molar-refractivity contribution in [2.45, 2.75) is 103 Å². The zero-order valence-corrected chi connectivity index (χ0v) is 32.9. The SMILES string of the molecule is C[C@@H](OCc1ccc(C#CCOCCCCCOCC#Cc2ccc3c(c2)n(C)c(=O)n3C2CCC(=O)NC2=O)cc1)[C@H](CCC(N)=O)NC(=O)OC(C)(C)C. The minimum absolute atomic E-state index is 0.111. The Morgan fingerprint density at radius 1 is 0.946 bits per heavy atom. The number of hydrogen-bond acceptors (Lipinski definition) is 9. The van der Waals surface area contributed by atoms with Gasteiger partial charge < -0.3 is 30.0 Å². The second-order valence-electron chi connectivity index (χ2n) is 14.6. The first-order chi connectivity index (χ1) is 26.7. The molecule has 56 heavy (non-hydrogen) atoms. The van der Waals surface area contributed by atoms with E-state index in [2.05, 4.69) is 34.3 Å². The number of ether oxygens (including phenoxy) is 4. The van der Waals surface area contributed by atoms with E-state index < -0.39 is 41.7 Å². The highest BCUT2D eigenvalue weighted by Crippen LogP contribution is 2.23. The molecule has 1 fully saturated rings. The van der Waals surface area contributed by atoms with Crippen LogP contribution in [0.2, 0.25) is 0 Å². The van der Waals surface area contributed by atoms with Crippen LogP contribution in [0, 0.1) is 23.7 Å². The van der Waals surface area contributed by atoms with Gasteiger partial charge in [-0.15, -0.1) is 0 Å². The molecular weight excluding hydrogens is 718 g/mol. The number of rotatable bonds is 17. The fourth-order valence-corrected chi connectivity index (χ4v) is 5.99. The highest BCUT2D eigenvalue weighted by molar-refractivity contribution is 6.00. The number of primary amides is 1. The minimum atomic E-state index is -0.726. The van der Waals surface area contributed by atoms with E-state index in [0.29, 0.717) is 43.9 Å². The van der Waals surface area contributed by atoms with Gasteiger partial charge in [0.2, 0.25) is 17.7 Å². The summed E-state index contributed by atoms with van der Waals surface area (Å²) in [6.07, 6.45) is 2.66. The monoisotopic (exact) mass is 771 g/mol. The minimum Gasteiger partial charge on any atom is -0.444 e. The first-order valence-corrected chi connectivity index (χ1v) is 18.9. The van der Waals surface area contributed by atoms with Crippen LogP contribution in [0.5, 0.6) is 0 Å². The van der Waals surface area contributed by atoms with Gasteiger partial charge in [0.25, 0.3) is 0 Å². The summed E-state index contributed by atoms with van der Waals surface area (Å²) in [4.78, 5) is 60.6. The Morgan fingerprint density at radius 3 is 2.21 bits per heavy atom. The third-order valence-corrected chi connectivity index (χ3v) is 8.94. The van der Waals surface area contributed by atoms with E-state index in [4.69, 9.17) is 24.7 Å². The van der Waals surface area contributed by atoms with Crippen molar-refractivity contribution >= 4 is 34.8 Å². The Kier molecular flexibility index (Phi) is 16.3. The molecule has 0 radical (unpaired) electrons. The molecule has 1 aromatic heterocycles. The quantitative estimate of drug-likeness (QED) is 0.104. The number of fused-ring (bicyclic) bond motifs is 1. The second-order valence-corrected chi connectivity index (χ2v) is 14.6. The standard InChI is InChI=1S/C42H53N5O9/c1-29(33(18-21-37(43)48)44-40(51)56-42(2,3)4)55-28-32-15-13-30(14-16-32)11-9-25-53-23-7-6-8-24-54-26-10-12-31-17-19-34-36(27-31)46(5)41(52)47(34)35-20-22-38(49)45-39(35)50/h13-17,19,27,29,33,35H,6-8,18,20-26,28H2,1-5H3,(H2,43,48)(H,44,51)(H,45,49,50)/t29-,33+,35?/m1/s1. The van der Waals surface area contributed by atoms with Crippen LogP contribution >= 0.6 is 0 Å². The van der Waals surface area contributed by atoms with Crippen molar-refractivity contribution in [1.29, 1.82) is 0 Å². The average Bonchev–Trinajstić information content (AvgIpc) is 3.38. The molecule has 0 aliphatic carbocycles. The Hall–Kier alpha value is -5.41. The van der Waals surface area contributed by atoms with Gasteiger partial charge in [0.1, 0.15) is 24.9 Å². The van der Waals surface area contributed by atoms with Gasteiger partial charge in [-0.25, -0.2) is 9.59 Å². The van der Waals surface area contributed by atoms with Crippen molar-refractivity contribution in [2.24, 2.45) is 12.8 Å². The first kappa shape index (κ1) is 43.3. The number of unbranched alkanes of at least 4 members (excludes halogenated alkanes) is 2. The average molecular weight is 772 g/mol. The van der Waals surface area contributed by atoms with Crippen molar-refractivity contribution in [3.05, 3.63) is 69.6 Å². The number of imidazole rings is 1. The topological polar surface area (TPSA) is 182 Å². The first-order valence-electron chi connectivity index (χ1n) is 18.9. The summed E-state index contributed by atoms with van der Waals surface area (Å²) in [5.41, 5.74) is 8.15. The van der Waals surface area contributed by atoms with Crippen LogP contribution in [0.4, 0.5) is 4.79 Å². The maximum Gasteiger partial charge on any atom is 0.407 e. The van der Waals surface area contributed by atoms with Gasteiger partial charge in [-0.3, -0.25) is 28.8 Å². The van der Waals surface area contributed by atoms with Gasteiger partial charge in [-0.1, -0.05) is 35.8 Å². The molecule has 2 heterocycles. The van der Waals surface area contributed by atoms with Crippen LogP contribution in [0.15, 0.2) is 47.3 Å². The Balaban J connectivity index is 1.09. The molecule has 2 aromatic carbocycles. The van der Waals surface area contributed by atoms with Crippen molar-refractivity contribution in [3.8, 4) is 23.7 Å². The zero-order valence-electron chi connectivity index (χ0n) is 32.9. The molecule has 1 unspecified atom stereocenters. The normalized spacial score (nSPS) is 15.2. The number of aryl methyl sites for hydroxylation is 1. The second kappa shape index (κ2) is 21.0. The number of piperidine rings is 1. The van der Waals surface area contributed by atoms with Gasteiger partial charge in [0.15, 0.2) is 0 Å². The third-order valence-electron chi connectivity index (χ3n) is 8.94. The van der Waals surface area contributed by atoms with Gasteiger partial charge in [0, 0.05) is 44.2 Å². The molecule has 1 aliphatic heterocycles. The van der Waals surface area contributed by atoms with E-state index in [0.717, 1.165) is 36.0 Å². The van der Waals surface area contributed by atoms with Crippen LogP contribution in [0.1, 0.15) is 95.4 Å². The lowest BCUT2D eigenvalue weighted by molar-refractivity contribution is -0.135. The number of nitrogens with two attached hydrogens (primary N) is 1. The molecule has 3 aromatic rings. The van der Waals surface area contributed by atoms with Crippen molar-refractivity contribution in [2.75, 3.05) is 26.4 Å². The molecule has 300 valence electrons. The molecule has 4 rings (SSSR count). The van der Waals surface area contributed by atoms with E-state index in [1.54, 1.807) is 40.0 Å². The van der Waals surface area contributed by atoms with Crippen molar-refractivity contribution in [3.63, 3.8) is 0 Å². The number of carbonyl (C=O) groups is 4. The Bertz CT molecular complexity index is 2020. The molecular formula is C42H53N5O9. The smallest absolute Gasteiger partial charge is 0.407 e. The van der Waals surface area contributed by atoms with E-state index in [9.17, 15) is 24.0 Å². The van der Waals surface area contributed by atoms with Crippen LogP contribution in [0.25, 0.3) is 11.0 Å². The highest BCUT2D eigenvalue weighted by atomic mass is 16.6. The highest BCUT2D eigenvalue weighted by Gasteiger charge is 2.31. The summed E-state index contributed by atoms with van der Waals surface area (Å²) in [7, 11) is 1.65. The van der Waals surface area contributed by atoms with Gasteiger partial charge in [0.05, 0.1) is 29.8 Å². The van der Waals surface area contributed by atoms with E-state index in [1.165, 1.54) is 9.13 Å². The Morgan fingerprint density at radius 2 is 1.59 bits per heavy atom. The largest absolute Gasteiger partial charge is 0.444 e. The molecule has 0 saturated carbocycles. The number of alkyl carbamates (subject to hydrolysis) is 1. The summed E-state index contributed by atoms with van der Waals surface area (Å²) in [6.45, 7) is 9.27. The number of nitrogens with zero attached hydrogens (tertiary/aromatic N) is 2. The number of amides is 4. The summed E-state index contributed by atoms with van der Waals surface area (Å²) < 4.78 is 25.6. The van der Waals surface area contributed by atoms with Gasteiger partial charge >= 0.3 is 11.8 Å². The van der Waals surface area contributed by atoms with Crippen molar-refractivity contribution < 1.29 is 38.1 Å². The molecule has 0 bridgehead atoms. The lowest BCUT2D eigenvalue weighted by Gasteiger charge is -2.27. The summed E-state index contributed by atoms with van der Waals surface area (Å²) in [5.74, 6) is 11.0. The molecule has 4 amide bonds. The predicted molar refractivity (Wildman–Crippen MR) is 210 cm³/mol. The molecule has 0 spiro atoms.